The van der Waals surface area contributed by atoms with Gasteiger partial charge in [-0.1, -0.05) is 29.5 Å². The van der Waals surface area contributed by atoms with Crippen molar-refractivity contribution in [2.45, 2.75) is 45.6 Å². The average molecular weight is 451 g/mol. The Morgan fingerprint density at radius 2 is 1.88 bits per heavy atom. The van der Waals surface area contributed by atoms with Gasteiger partial charge >= 0.3 is 6.09 Å². The number of aromatic nitrogens is 2. The van der Waals surface area contributed by atoms with Gasteiger partial charge in [-0.3, -0.25) is 0 Å². The van der Waals surface area contributed by atoms with Crippen molar-refractivity contribution in [1.82, 2.24) is 10.2 Å². The van der Waals surface area contributed by atoms with Crippen molar-refractivity contribution in [2.24, 2.45) is 5.73 Å². The number of rotatable bonds is 4. The molecule has 2 aromatic carbocycles. The van der Waals surface area contributed by atoms with Crippen molar-refractivity contribution < 1.29 is 14.3 Å². The first-order valence-electron chi connectivity index (χ1n) is 10.4. The van der Waals surface area contributed by atoms with E-state index >= 15 is 0 Å². The molecule has 7 nitrogen and oxygen atoms in total. The number of primary amides is 1. The highest BCUT2D eigenvalue weighted by molar-refractivity contribution is 7.17. The fourth-order valence-corrected chi connectivity index (χ4v) is 4.43. The summed E-state index contributed by atoms with van der Waals surface area (Å²) >= 11 is 1.58. The maximum Gasteiger partial charge on any atom is 0.404 e. The largest absolute Gasteiger partial charge is 0.490 e. The van der Waals surface area contributed by atoms with Crippen molar-refractivity contribution in [1.29, 1.82) is 5.26 Å². The van der Waals surface area contributed by atoms with Crippen LogP contribution in [0.3, 0.4) is 0 Å². The van der Waals surface area contributed by atoms with E-state index in [1.54, 1.807) is 11.3 Å². The molecule has 1 aromatic heterocycles. The minimum Gasteiger partial charge on any atom is -0.490 e. The van der Waals surface area contributed by atoms with Gasteiger partial charge in [0, 0.05) is 11.1 Å². The zero-order valence-electron chi connectivity index (χ0n) is 18.4. The monoisotopic (exact) mass is 450 g/mol. The second-order valence-corrected chi connectivity index (χ2v) is 8.55. The van der Waals surface area contributed by atoms with Crippen LogP contribution in [0.15, 0.2) is 36.4 Å². The maximum atomic E-state index is 9.46. The third-order valence-corrected chi connectivity index (χ3v) is 5.97. The lowest BCUT2D eigenvalue weighted by atomic mass is 9.88. The molecule has 1 aliphatic carbocycles. The van der Waals surface area contributed by atoms with E-state index in [1.165, 1.54) is 36.6 Å². The fraction of sp³-hybridized carbons (Fsp3) is 0.333. The normalized spacial score (nSPS) is 12.2. The molecule has 32 heavy (non-hydrogen) atoms. The first-order chi connectivity index (χ1) is 15.4. The SMILES string of the molecule is CC(C)Oc1ccc(-c2nnc(-c3cccc4c3CCCC4)s2)cc1C#N.COC(N)=O. The molecule has 0 aliphatic heterocycles. The zero-order valence-corrected chi connectivity index (χ0v) is 19.2. The molecule has 4 rings (SSSR count). The number of amides is 1. The predicted octanol–water partition coefficient (Wildman–Crippen LogP) is 5.12. The second-order valence-electron chi connectivity index (χ2n) is 7.58. The topological polar surface area (TPSA) is 111 Å². The van der Waals surface area contributed by atoms with Crippen LogP contribution in [0.5, 0.6) is 5.75 Å². The summed E-state index contributed by atoms with van der Waals surface area (Å²) in [4.78, 5) is 9.37. The van der Waals surface area contributed by atoms with Crippen LogP contribution in [-0.2, 0) is 17.6 Å². The fourth-order valence-electron chi connectivity index (χ4n) is 3.54. The Kier molecular flexibility index (Phi) is 7.79. The van der Waals surface area contributed by atoms with Crippen LogP contribution < -0.4 is 10.5 Å². The molecule has 0 fully saturated rings. The lowest BCUT2D eigenvalue weighted by Gasteiger charge is -2.17. The number of hydrogen-bond acceptors (Lipinski definition) is 7. The van der Waals surface area contributed by atoms with Gasteiger partial charge in [0.1, 0.15) is 21.8 Å². The third kappa shape index (κ3) is 5.62. The van der Waals surface area contributed by atoms with Crippen molar-refractivity contribution in [2.75, 3.05) is 7.11 Å². The van der Waals surface area contributed by atoms with E-state index in [9.17, 15) is 10.1 Å². The summed E-state index contributed by atoms with van der Waals surface area (Å²) in [5, 5.41) is 20.1. The minimum absolute atomic E-state index is 0.0281. The summed E-state index contributed by atoms with van der Waals surface area (Å²) in [5.41, 5.74) is 9.92. The first kappa shape index (κ1) is 23.2. The van der Waals surface area contributed by atoms with Crippen LogP contribution in [0, 0.1) is 11.3 Å². The van der Waals surface area contributed by atoms with Crippen LogP contribution in [0.25, 0.3) is 21.1 Å². The van der Waals surface area contributed by atoms with Gasteiger partial charge < -0.3 is 15.2 Å². The van der Waals surface area contributed by atoms with Crippen molar-refractivity contribution in [3.8, 4) is 33.0 Å². The summed E-state index contributed by atoms with van der Waals surface area (Å²) in [6.45, 7) is 3.90. The number of fused-ring (bicyclic) bond motifs is 1. The van der Waals surface area contributed by atoms with Crippen molar-refractivity contribution in [3.63, 3.8) is 0 Å². The zero-order chi connectivity index (χ0) is 23.1. The first-order valence-corrected chi connectivity index (χ1v) is 11.2. The molecule has 0 saturated carbocycles. The van der Waals surface area contributed by atoms with Crippen LogP contribution in [-0.4, -0.2) is 29.5 Å². The molecule has 1 aliphatic rings. The predicted molar refractivity (Wildman–Crippen MR) is 124 cm³/mol. The van der Waals surface area contributed by atoms with Crippen LogP contribution >= 0.6 is 11.3 Å². The number of carbonyl (C=O) groups excluding carboxylic acids is 1. The third-order valence-electron chi connectivity index (χ3n) is 4.96. The van der Waals surface area contributed by atoms with Crippen LogP contribution in [0.4, 0.5) is 4.79 Å². The molecule has 2 N–H and O–H groups in total. The molecule has 0 radical (unpaired) electrons. The average Bonchev–Trinajstić information content (AvgIpc) is 3.29. The molecule has 1 heterocycles. The number of hydrogen-bond donors (Lipinski definition) is 1. The summed E-state index contributed by atoms with van der Waals surface area (Å²) < 4.78 is 9.60. The maximum absolute atomic E-state index is 9.46. The molecule has 8 heteroatoms. The van der Waals surface area contributed by atoms with Gasteiger partial charge in [-0.25, -0.2) is 4.79 Å². The number of benzene rings is 2. The van der Waals surface area contributed by atoms with E-state index in [0.717, 1.165) is 28.4 Å². The van der Waals surface area contributed by atoms with Gasteiger partial charge in [0.25, 0.3) is 0 Å². The number of ether oxygens (including phenoxy) is 2. The van der Waals surface area contributed by atoms with Gasteiger partial charge in [-0.2, -0.15) is 5.26 Å². The number of methoxy groups -OCH3 is 1. The van der Waals surface area contributed by atoms with E-state index in [0.29, 0.717) is 11.3 Å². The number of aryl methyl sites for hydroxylation is 1. The summed E-state index contributed by atoms with van der Waals surface area (Å²) in [5.74, 6) is 0.609. The summed E-state index contributed by atoms with van der Waals surface area (Å²) in [7, 11) is 1.22. The Balaban J connectivity index is 0.000000523. The lowest BCUT2D eigenvalue weighted by Crippen LogP contribution is -2.08. The lowest BCUT2D eigenvalue weighted by molar-refractivity contribution is 0.182. The van der Waals surface area contributed by atoms with Crippen LogP contribution in [0.2, 0.25) is 0 Å². The second kappa shape index (κ2) is 10.7. The van der Waals surface area contributed by atoms with E-state index in [-0.39, 0.29) is 6.10 Å². The van der Waals surface area contributed by atoms with Gasteiger partial charge in [-0.05, 0) is 68.9 Å². The minimum atomic E-state index is -0.745. The number of nitrogens with zero attached hydrogens (tertiary/aromatic N) is 3. The van der Waals surface area contributed by atoms with E-state index < -0.39 is 6.09 Å². The number of nitriles is 1. The smallest absolute Gasteiger partial charge is 0.404 e. The Morgan fingerprint density at radius 1 is 1.16 bits per heavy atom. The van der Waals surface area contributed by atoms with Crippen molar-refractivity contribution >= 4 is 17.4 Å². The molecule has 3 aromatic rings. The van der Waals surface area contributed by atoms with Gasteiger partial charge in [0.05, 0.1) is 18.8 Å². The molecule has 0 saturated heterocycles. The summed E-state index contributed by atoms with van der Waals surface area (Å²) in [6.07, 6.45) is 4.04. The highest BCUT2D eigenvalue weighted by Gasteiger charge is 2.18. The molecule has 166 valence electrons. The highest BCUT2D eigenvalue weighted by atomic mass is 32.1. The Labute approximate surface area is 191 Å². The molecular weight excluding hydrogens is 424 g/mol. The van der Waals surface area contributed by atoms with Crippen molar-refractivity contribution in [3.05, 3.63) is 53.1 Å². The molecule has 0 unspecified atom stereocenters. The van der Waals surface area contributed by atoms with Gasteiger partial charge in [0.15, 0.2) is 0 Å². The van der Waals surface area contributed by atoms with E-state index in [2.05, 4.69) is 44.9 Å². The summed E-state index contributed by atoms with van der Waals surface area (Å²) in [6, 6.07) is 14.3. The molecule has 0 bridgehead atoms. The Bertz CT molecular complexity index is 1130. The molecular formula is C24H26N4O3S. The molecule has 0 atom stereocenters. The van der Waals surface area contributed by atoms with Gasteiger partial charge in [-0.15, -0.1) is 10.2 Å². The Hall–Kier alpha value is -3.44. The standard InChI is InChI=1S/C22H21N3OS.C2H5NO2/c1-14(2)26-20-11-10-16(12-17(20)13-23)21-24-25-22(27-21)19-9-5-7-15-6-3-4-8-18(15)19;1-5-2(3)4/h5,7,9-12,14H,3-4,6,8H2,1-2H3;1H3,(H2,3,4). The quantitative estimate of drug-likeness (QED) is 0.590. The van der Waals surface area contributed by atoms with E-state index in [1.807, 2.05) is 32.0 Å². The number of nitrogens with two attached hydrogens (primary N) is 1. The molecule has 0 spiro atoms. The Morgan fingerprint density at radius 3 is 2.56 bits per heavy atom. The highest BCUT2D eigenvalue weighted by Crippen LogP contribution is 2.36. The number of carbonyl (C=O) groups is 1. The van der Waals surface area contributed by atoms with E-state index in [4.69, 9.17) is 4.74 Å². The molecule has 1 amide bonds. The van der Waals surface area contributed by atoms with Crippen LogP contribution in [0.1, 0.15) is 43.4 Å². The van der Waals surface area contributed by atoms with Gasteiger partial charge in [0.2, 0.25) is 0 Å².